The lowest BCUT2D eigenvalue weighted by molar-refractivity contribution is -0.167. The van der Waals surface area contributed by atoms with Crippen molar-refractivity contribution in [3.8, 4) is 0 Å². The lowest BCUT2D eigenvalue weighted by atomic mass is 10.0. The Balaban J connectivity index is 4.15. The number of hydrogen-bond acceptors (Lipinski definition) is 6. The molecule has 6 nitrogen and oxygen atoms in total. The number of rotatable bonds is 47. The van der Waals surface area contributed by atoms with E-state index in [9.17, 15) is 14.4 Å². The Labute approximate surface area is 395 Å². The summed E-state index contributed by atoms with van der Waals surface area (Å²) in [5.41, 5.74) is 0. The summed E-state index contributed by atoms with van der Waals surface area (Å²) < 4.78 is 16.7. The molecule has 1 unspecified atom stereocenters. The Morgan fingerprint density at radius 1 is 0.328 bits per heavy atom. The number of esters is 3. The van der Waals surface area contributed by atoms with Crippen molar-refractivity contribution in [2.45, 2.75) is 252 Å². The minimum Gasteiger partial charge on any atom is -0.462 e. The molecule has 64 heavy (non-hydrogen) atoms. The van der Waals surface area contributed by atoms with E-state index in [2.05, 4.69) is 106 Å². The molecular formula is C58H98O6. The molecule has 0 N–H and O–H groups in total. The maximum atomic E-state index is 12.7. The highest BCUT2D eigenvalue weighted by Crippen LogP contribution is 2.15. The fourth-order valence-electron chi connectivity index (χ4n) is 7.21. The van der Waals surface area contributed by atoms with Crippen LogP contribution in [-0.2, 0) is 28.6 Å². The summed E-state index contributed by atoms with van der Waals surface area (Å²) in [6, 6.07) is 0. The topological polar surface area (TPSA) is 78.9 Å². The predicted octanol–water partition coefficient (Wildman–Crippen LogP) is 17.6. The summed E-state index contributed by atoms with van der Waals surface area (Å²) in [5, 5.41) is 0. The molecule has 0 spiro atoms. The zero-order chi connectivity index (χ0) is 46.5. The van der Waals surface area contributed by atoms with Gasteiger partial charge in [-0.2, -0.15) is 0 Å². The van der Waals surface area contributed by atoms with Crippen LogP contribution in [0, 0.1) is 0 Å². The van der Waals surface area contributed by atoms with Crippen molar-refractivity contribution in [2.24, 2.45) is 0 Å². The van der Waals surface area contributed by atoms with E-state index in [0.717, 1.165) is 122 Å². The van der Waals surface area contributed by atoms with E-state index in [1.54, 1.807) is 0 Å². The zero-order valence-electron chi connectivity index (χ0n) is 41.8. The monoisotopic (exact) mass is 891 g/mol. The van der Waals surface area contributed by atoms with Crippen molar-refractivity contribution in [3.63, 3.8) is 0 Å². The van der Waals surface area contributed by atoms with Gasteiger partial charge in [0.1, 0.15) is 13.2 Å². The molecule has 0 aromatic rings. The quantitative estimate of drug-likeness (QED) is 0.0262. The molecule has 0 saturated carbocycles. The van der Waals surface area contributed by atoms with E-state index in [-0.39, 0.29) is 31.1 Å². The van der Waals surface area contributed by atoms with Crippen LogP contribution in [0.3, 0.4) is 0 Å². The number of unbranched alkanes of at least 4 members (excludes halogenated alkanes) is 22. The van der Waals surface area contributed by atoms with E-state index in [1.807, 2.05) is 0 Å². The number of carbonyl (C=O) groups excluding carboxylic acids is 3. The molecule has 0 heterocycles. The number of allylic oxidation sites excluding steroid dienone is 14. The van der Waals surface area contributed by atoms with Crippen molar-refractivity contribution in [2.75, 3.05) is 13.2 Å². The van der Waals surface area contributed by atoms with Crippen molar-refractivity contribution in [1.29, 1.82) is 0 Å². The van der Waals surface area contributed by atoms with Crippen molar-refractivity contribution >= 4 is 17.9 Å². The Morgan fingerprint density at radius 2 is 0.609 bits per heavy atom. The average molecular weight is 891 g/mol. The first kappa shape index (κ1) is 60.6. The van der Waals surface area contributed by atoms with Gasteiger partial charge in [-0.25, -0.2) is 0 Å². The summed E-state index contributed by atoms with van der Waals surface area (Å²) in [6.45, 7) is 6.34. The van der Waals surface area contributed by atoms with Crippen LogP contribution in [0.4, 0.5) is 0 Å². The maximum absolute atomic E-state index is 12.7. The molecular weight excluding hydrogens is 793 g/mol. The summed E-state index contributed by atoms with van der Waals surface area (Å²) in [4.78, 5) is 37.8. The Hall–Kier alpha value is -3.41. The number of ether oxygens (including phenoxy) is 3. The molecule has 366 valence electrons. The second-order valence-electron chi connectivity index (χ2n) is 17.4. The fraction of sp³-hybridized carbons (Fsp3) is 0.707. The van der Waals surface area contributed by atoms with Gasteiger partial charge < -0.3 is 14.2 Å². The third-order valence-electron chi connectivity index (χ3n) is 11.1. The highest BCUT2D eigenvalue weighted by atomic mass is 16.6. The molecule has 0 aromatic heterocycles. The first-order valence-corrected chi connectivity index (χ1v) is 26.6. The van der Waals surface area contributed by atoms with Crippen LogP contribution in [-0.4, -0.2) is 37.2 Å². The van der Waals surface area contributed by atoms with Gasteiger partial charge in [0.15, 0.2) is 6.10 Å². The third-order valence-corrected chi connectivity index (χ3v) is 11.1. The van der Waals surface area contributed by atoms with E-state index >= 15 is 0 Å². The van der Waals surface area contributed by atoms with Gasteiger partial charge in [-0.15, -0.1) is 0 Å². The Kier molecular flexibility index (Phi) is 49.4. The molecule has 0 bridgehead atoms. The van der Waals surface area contributed by atoms with Gasteiger partial charge >= 0.3 is 17.9 Å². The van der Waals surface area contributed by atoms with Crippen molar-refractivity contribution < 1.29 is 28.6 Å². The molecule has 0 radical (unpaired) electrons. The summed E-state index contributed by atoms with van der Waals surface area (Å²) in [5.74, 6) is -0.912. The molecule has 0 amide bonds. The summed E-state index contributed by atoms with van der Waals surface area (Å²) >= 11 is 0. The average Bonchev–Trinajstić information content (AvgIpc) is 3.29. The molecule has 0 aliphatic rings. The normalized spacial score (nSPS) is 12.7. The SMILES string of the molecule is CC/C=C\C/C=C\C/C=C\C/C=C\CCCCCCCCCCCCCCC(=O)OCC(COC(=O)CCCCCCCC)OC(=O)CCCCCCC/C=C\C/C=C\C/C=C\CC. The largest absolute Gasteiger partial charge is 0.462 e. The number of hydrogen-bond donors (Lipinski definition) is 0. The Morgan fingerprint density at radius 3 is 0.953 bits per heavy atom. The summed E-state index contributed by atoms with van der Waals surface area (Å²) in [7, 11) is 0. The summed E-state index contributed by atoms with van der Waals surface area (Å²) in [6.07, 6.45) is 67.4. The van der Waals surface area contributed by atoms with E-state index in [0.29, 0.717) is 19.3 Å². The molecule has 0 rings (SSSR count). The van der Waals surface area contributed by atoms with E-state index in [4.69, 9.17) is 14.2 Å². The van der Waals surface area contributed by atoms with Gasteiger partial charge in [-0.05, 0) is 89.9 Å². The predicted molar refractivity (Wildman–Crippen MR) is 274 cm³/mol. The highest BCUT2D eigenvalue weighted by molar-refractivity contribution is 5.71. The maximum Gasteiger partial charge on any atom is 0.306 e. The second-order valence-corrected chi connectivity index (χ2v) is 17.4. The zero-order valence-corrected chi connectivity index (χ0v) is 41.8. The van der Waals surface area contributed by atoms with Crippen LogP contribution in [0.2, 0.25) is 0 Å². The lowest BCUT2D eigenvalue weighted by Gasteiger charge is -2.18. The minimum atomic E-state index is -0.782. The molecule has 1 atom stereocenters. The number of carbonyl (C=O) groups is 3. The van der Waals surface area contributed by atoms with Crippen molar-refractivity contribution in [3.05, 3.63) is 85.1 Å². The highest BCUT2D eigenvalue weighted by Gasteiger charge is 2.19. The van der Waals surface area contributed by atoms with Gasteiger partial charge in [0.25, 0.3) is 0 Å². The van der Waals surface area contributed by atoms with Crippen molar-refractivity contribution in [1.82, 2.24) is 0 Å². The van der Waals surface area contributed by atoms with Gasteiger partial charge in [-0.1, -0.05) is 221 Å². The van der Waals surface area contributed by atoms with Gasteiger partial charge in [-0.3, -0.25) is 14.4 Å². The van der Waals surface area contributed by atoms with Gasteiger partial charge in [0.05, 0.1) is 0 Å². The smallest absolute Gasteiger partial charge is 0.306 e. The molecule has 0 fully saturated rings. The van der Waals surface area contributed by atoms with E-state index in [1.165, 1.54) is 83.5 Å². The molecule has 0 saturated heterocycles. The van der Waals surface area contributed by atoms with Crippen LogP contribution in [0.5, 0.6) is 0 Å². The van der Waals surface area contributed by atoms with E-state index < -0.39 is 6.10 Å². The van der Waals surface area contributed by atoms with Crippen LogP contribution >= 0.6 is 0 Å². The molecule has 6 heteroatoms. The first-order valence-electron chi connectivity index (χ1n) is 26.6. The molecule has 0 aliphatic heterocycles. The van der Waals surface area contributed by atoms with Crippen LogP contribution in [0.1, 0.15) is 245 Å². The van der Waals surface area contributed by atoms with Crippen LogP contribution < -0.4 is 0 Å². The Bertz CT molecular complexity index is 1250. The van der Waals surface area contributed by atoms with Crippen LogP contribution in [0.15, 0.2) is 85.1 Å². The molecule has 0 aromatic carbocycles. The van der Waals surface area contributed by atoms with Gasteiger partial charge in [0, 0.05) is 19.3 Å². The fourth-order valence-corrected chi connectivity index (χ4v) is 7.21. The molecule has 0 aliphatic carbocycles. The second kappa shape index (κ2) is 52.2. The minimum absolute atomic E-state index is 0.0837. The first-order chi connectivity index (χ1) is 31.5. The van der Waals surface area contributed by atoms with Crippen LogP contribution in [0.25, 0.3) is 0 Å². The standard InChI is InChI=1S/C58H98O6/c1-4-7-10-13-16-18-20-22-24-25-26-27-28-29-30-31-32-33-35-36-38-40-42-45-48-51-57(60)63-54-55(53-62-56(59)50-47-44-15-12-9-6-3)64-58(61)52-49-46-43-41-39-37-34-23-21-19-17-14-11-8-5-2/h7-8,10-11,16-19,22-24,26-27,34,55H,4-6,9,12-15,20-21,25,28-33,35-54H2,1-3H3/b10-7-,11-8-,18-16-,19-17-,24-22-,27-26-,34-23-. The third kappa shape index (κ3) is 49.6. The lowest BCUT2D eigenvalue weighted by Crippen LogP contribution is -2.30. The van der Waals surface area contributed by atoms with Gasteiger partial charge in [0.2, 0.25) is 0 Å².